The molecule has 1 saturated heterocycles. The van der Waals surface area contributed by atoms with E-state index >= 15 is 0 Å². The van der Waals surface area contributed by atoms with Gasteiger partial charge in [-0.05, 0) is 0 Å². The van der Waals surface area contributed by atoms with Crippen LogP contribution in [0.2, 0.25) is 18.1 Å². The Morgan fingerprint density at radius 2 is 1.11 bits per heavy atom. The van der Waals surface area contributed by atoms with Crippen molar-refractivity contribution in [2.75, 3.05) is 6.16 Å². The number of benzene rings is 4. The van der Waals surface area contributed by atoms with Crippen molar-refractivity contribution in [3.05, 3.63) is 134 Å². The van der Waals surface area contributed by atoms with Gasteiger partial charge in [-0.15, -0.1) is 0 Å². The van der Waals surface area contributed by atoms with E-state index in [1.54, 1.807) is 5.19 Å². The molecule has 3 heteroatoms. The Bertz CT molecular complexity index is 1200. The van der Waals surface area contributed by atoms with E-state index in [9.17, 15) is 0 Å². The monoisotopic (exact) mass is 646 g/mol. The van der Waals surface area contributed by atoms with Crippen molar-refractivity contribution in [1.29, 1.82) is 0 Å². The van der Waals surface area contributed by atoms with Gasteiger partial charge >= 0.3 is 245 Å². The van der Waals surface area contributed by atoms with Crippen molar-refractivity contribution in [2.24, 2.45) is 5.92 Å². The van der Waals surface area contributed by atoms with Gasteiger partial charge in [-0.2, -0.15) is 0 Å². The van der Waals surface area contributed by atoms with Crippen molar-refractivity contribution < 1.29 is 0 Å². The summed E-state index contributed by atoms with van der Waals surface area (Å²) in [6, 6.07) is 50.3. The van der Waals surface area contributed by atoms with Crippen LogP contribution in [0.5, 0.6) is 0 Å². The summed E-state index contributed by atoms with van der Waals surface area (Å²) in [5, 5.41) is 6.22. The molecular weight excluding hydrogens is 606 g/mol. The molecule has 0 radical (unpaired) electrons. The van der Waals surface area contributed by atoms with Gasteiger partial charge in [0, 0.05) is 0 Å². The molecule has 0 amide bonds. The van der Waals surface area contributed by atoms with Crippen LogP contribution in [-0.2, 0) is 0 Å². The third-order valence-corrected chi connectivity index (χ3v) is 25.9. The minimum atomic E-state index is -2.72. The van der Waals surface area contributed by atoms with Crippen LogP contribution in [0.15, 0.2) is 134 Å². The molecule has 0 bridgehead atoms. The van der Waals surface area contributed by atoms with Gasteiger partial charge in [0.05, 0.1) is 0 Å². The third kappa shape index (κ3) is 5.25. The molecule has 1 fully saturated rings. The quantitative estimate of drug-likeness (QED) is 0.0533. The molecule has 0 aromatic heterocycles. The summed E-state index contributed by atoms with van der Waals surface area (Å²) in [5.74, 6) is 0.730. The molecule has 0 aliphatic carbocycles. The van der Waals surface area contributed by atoms with Crippen LogP contribution in [-0.4, -0.2) is 14.2 Å². The summed E-state index contributed by atoms with van der Waals surface area (Å²) in [6.07, 6.45) is 8.49. The summed E-state index contributed by atoms with van der Waals surface area (Å²) in [7, 11) is -1.51. The third-order valence-electron chi connectivity index (χ3n) is 9.00. The fourth-order valence-corrected chi connectivity index (χ4v) is 22.1. The second-order valence-corrected chi connectivity index (χ2v) is 26.4. The first-order valence-corrected chi connectivity index (χ1v) is 22.0. The summed E-state index contributed by atoms with van der Waals surface area (Å²) in [5.41, 5.74) is 0. The molecule has 5 rings (SSSR count). The van der Waals surface area contributed by atoms with Crippen molar-refractivity contribution in [3.8, 4) is 0 Å². The van der Waals surface area contributed by atoms with E-state index in [4.69, 9.17) is 0 Å². The normalized spacial score (nSPS) is 20.8. The van der Waals surface area contributed by atoms with Crippen LogP contribution >= 0.6 is 26.3 Å². The maximum atomic E-state index is 4.00. The van der Waals surface area contributed by atoms with E-state index < -0.39 is 12.3 Å². The molecule has 0 atom stereocenters. The predicted molar refractivity (Wildman–Crippen MR) is 182 cm³/mol. The molecule has 0 nitrogen and oxygen atoms in total. The van der Waals surface area contributed by atoms with E-state index in [0.29, 0.717) is 0 Å². The Kier molecular flexibility index (Phi) is 8.72. The Morgan fingerprint density at radius 3 is 1.53 bits per heavy atom. The molecule has 0 spiro atoms. The number of hydrogen-bond acceptors (Lipinski definition) is 0. The predicted octanol–water partition coefficient (Wildman–Crippen LogP) is 8.60. The van der Waals surface area contributed by atoms with Gasteiger partial charge in [-0.25, -0.2) is 0 Å². The van der Waals surface area contributed by atoms with Crippen molar-refractivity contribution in [1.82, 2.24) is 0 Å². The average molecular weight is 647 g/mol. The Morgan fingerprint density at radius 1 is 0.684 bits per heavy atom. The molecule has 4 aromatic carbocycles. The van der Waals surface area contributed by atoms with E-state index in [1.807, 2.05) is 0 Å². The zero-order valence-electron chi connectivity index (χ0n) is 22.4. The Balaban J connectivity index is 1.54. The first-order valence-electron chi connectivity index (χ1n) is 14.2. The van der Waals surface area contributed by atoms with Gasteiger partial charge in [0.25, 0.3) is 0 Å². The molecule has 0 saturated carbocycles. The average Bonchev–Trinajstić information content (AvgIpc) is 3.00. The topological polar surface area (TPSA) is 0 Å². The molecule has 1 aliphatic heterocycles. The minimum absolute atomic E-state index is 0.730. The van der Waals surface area contributed by atoms with Crippen LogP contribution in [0.4, 0.5) is 0 Å². The van der Waals surface area contributed by atoms with E-state index in [1.165, 1.54) is 59.5 Å². The molecule has 1 heterocycles. The van der Waals surface area contributed by atoms with Crippen LogP contribution in [0.3, 0.4) is 0 Å². The van der Waals surface area contributed by atoms with Gasteiger partial charge in [-0.1, -0.05) is 0 Å². The van der Waals surface area contributed by atoms with Gasteiger partial charge in [0.2, 0.25) is 0 Å². The molecular formula is C35H40IPSi. The standard InChI is InChI=1S/C35H40IPSi/c1-2-3-16-27-38(35-23-14-7-15-24-35)28-25-31(26-29-38)30-37(36,32-17-8-4-9-18-32,33-19-10-5-11-20-33)34-21-12-6-13-22-34/h2,4-15,17-24,31H,1,3,16,25-30H2. The summed E-state index contributed by atoms with van der Waals surface area (Å²) >= 11 is 2.99. The first kappa shape index (κ1) is 27.6. The van der Waals surface area contributed by atoms with Crippen LogP contribution in [0.25, 0.3) is 0 Å². The number of hydrogen-bond donors (Lipinski definition) is 0. The zero-order chi connectivity index (χ0) is 26.3. The van der Waals surface area contributed by atoms with Crippen LogP contribution in [0.1, 0.15) is 25.7 Å². The molecule has 0 unspecified atom stereocenters. The maximum absolute atomic E-state index is 4.00. The van der Waals surface area contributed by atoms with Crippen molar-refractivity contribution in [2.45, 2.75) is 43.8 Å². The Labute approximate surface area is 244 Å². The second-order valence-electron chi connectivity index (χ2n) is 11.1. The van der Waals surface area contributed by atoms with Gasteiger partial charge in [0.15, 0.2) is 0 Å². The van der Waals surface area contributed by atoms with Gasteiger partial charge in [-0.3, -0.25) is 0 Å². The summed E-state index contributed by atoms with van der Waals surface area (Å²) in [6.45, 7) is 4.00. The molecule has 196 valence electrons. The zero-order valence-corrected chi connectivity index (χ0v) is 26.4. The summed E-state index contributed by atoms with van der Waals surface area (Å²) in [4.78, 5) is 0. The molecule has 1 aliphatic rings. The SMILES string of the molecule is C=CCCC[Si]1(c2ccccc2)CCC(CP(I)(c2ccccc2)(c2ccccc2)c2ccccc2)CC1. The molecule has 4 aromatic rings. The van der Waals surface area contributed by atoms with Gasteiger partial charge in [0.1, 0.15) is 0 Å². The number of halogens is 1. The fourth-order valence-electron chi connectivity index (χ4n) is 6.94. The van der Waals surface area contributed by atoms with E-state index in [2.05, 4.69) is 156 Å². The van der Waals surface area contributed by atoms with Gasteiger partial charge < -0.3 is 0 Å². The van der Waals surface area contributed by atoms with Crippen molar-refractivity contribution >= 4 is 55.5 Å². The molecule has 38 heavy (non-hydrogen) atoms. The Hall–Kier alpha value is -2.00. The summed E-state index contributed by atoms with van der Waals surface area (Å²) < 4.78 is -2.72. The number of rotatable bonds is 10. The first-order chi connectivity index (χ1) is 18.6. The van der Waals surface area contributed by atoms with E-state index in [-0.39, 0.29) is 0 Å². The van der Waals surface area contributed by atoms with E-state index in [0.717, 1.165) is 12.3 Å². The fraction of sp³-hybridized carbons (Fsp3) is 0.257. The number of unbranched alkanes of at least 4 members (excludes halogenated alkanes) is 1. The molecule has 0 N–H and O–H groups in total. The number of allylic oxidation sites excluding steroid dienone is 1. The second kappa shape index (κ2) is 12.0. The van der Waals surface area contributed by atoms with Crippen LogP contribution in [0, 0.1) is 5.92 Å². The van der Waals surface area contributed by atoms with Crippen molar-refractivity contribution in [3.63, 3.8) is 0 Å². The van der Waals surface area contributed by atoms with Crippen LogP contribution < -0.4 is 21.1 Å².